The first-order chi connectivity index (χ1) is 7.88. The van der Waals surface area contributed by atoms with Gasteiger partial charge in [-0.1, -0.05) is 6.07 Å². The molecule has 6 nitrogen and oxygen atoms in total. The minimum absolute atomic E-state index is 0.175. The summed E-state index contributed by atoms with van der Waals surface area (Å²) in [5.41, 5.74) is -0.415. The molecule has 8 heteroatoms. The summed E-state index contributed by atoms with van der Waals surface area (Å²) >= 11 is 0. The normalized spacial score (nSPS) is 20.9. The first kappa shape index (κ1) is 11.8. The molecular weight excluding hydrogens is 251 g/mol. The second-order valence-corrected chi connectivity index (χ2v) is 5.32. The molecule has 1 aliphatic heterocycles. The van der Waals surface area contributed by atoms with Crippen LogP contribution in [0.5, 0.6) is 0 Å². The van der Waals surface area contributed by atoms with Gasteiger partial charge in [0, 0.05) is 19.0 Å². The number of aromatic amines is 1. The van der Waals surface area contributed by atoms with Crippen molar-refractivity contribution in [2.24, 2.45) is 0 Å². The standard InChI is InChI=1S/C9H9FN2O4S/c10-17(15,16)6-4-9(14)12(5-6)7-2-1-3-8(13)11-7/h1-3,6H,4-5H2,(H,11,13). The Labute approximate surface area is 96.3 Å². The number of nitrogens with one attached hydrogen (secondary N) is 1. The lowest BCUT2D eigenvalue weighted by molar-refractivity contribution is -0.117. The molecule has 2 rings (SSSR count). The van der Waals surface area contributed by atoms with Crippen LogP contribution in [0.15, 0.2) is 23.0 Å². The van der Waals surface area contributed by atoms with Crippen molar-refractivity contribution < 1.29 is 17.1 Å². The van der Waals surface area contributed by atoms with E-state index in [2.05, 4.69) is 4.98 Å². The lowest BCUT2D eigenvalue weighted by atomic mass is 10.4. The maximum absolute atomic E-state index is 12.8. The largest absolute Gasteiger partial charge is 0.308 e. The quantitative estimate of drug-likeness (QED) is 0.745. The van der Waals surface area contributed by atoms with E-state index in [0.717, 1.165) is 4.90 Å². The smallest absolute Gasteiger partial charge is 0.307 e. The Morgan fingerprint density at radius 2 is 2.06 bits per heavy atom. The number of hydrogen-bond donors (Lipinski definition) is 1. The van der Waals surface area contributed by atoms with Crippen LogP contribution < -0.4 is 10.5 Å². The van der Waals surface area contributed by atoms with Crippen LogP contribution in [0.4, 0.5) is 9.70 Å². The summed E-state index contributed by atoms with van der Waals surface area (Å²) in [7, 11) is -4.74. The third kappa shape index (κ3) is 2.36. The lowest BCUT2D eigenvalue weighted by Crippen LogP contribution is -2.29. The SMILES string of the molecule is O=C1CC(S(=O)(=O)F)CN1c1cccc(=O)[nH]1. The number of carbonyl (C=O) groups is 1. The third-order valence-electron chi connectivity index (χ3n) is 2.53. The molecule has 0 aliphatic carbocycles. The van der Waals surface area contributed by atoms with Gasteiger partial charge in [-0.25, -0.2) is 0 Å². The van der Waals surface area contributed by atoms with Crippen molar-refractivity contribution in [2.45, 2.75) is 11.7 Å². The maximum atomic E-state index is 12.8. The molecule has 0 bridgehead atoms. The highest BCUT2D eigenvalue weighted by molar-refractivity contribution is 7.87. The molecule has 1 aliphatic rings. The van der Waals surface area contributed by atoms with Gasteiger partial charge in [-0.15, -0.1) is 3.89 Å². The van der Waals surface area contributed by atoms with Crippen LogP contribution >= 0.6 is 0 Å². The number of carbonyl (C=O) groups excluding carboxylic acids is 1. The Morgan fingerprint density at radius 1 is 1.35 bits per heavy atom. The predicted molar refractivity (Wildman–Crippen MR) is 57.8 cm³/mol. The summed E-state index contributed by atoms with van der Waals surface area (Å²) in [5.74, 6) is -0.355. The van der Waals surface area contributed by atoms with Crippen molar-refractivity contribution in [3.8, 4) is 0 Å². The molecule has 1 saturated heterocycles. The molecule has 17 heavy (non-hydrogen) atoms. The van der Waals surface area contributed by atoms with Gasteiger partial charge in [-0.3, -0.25) is 14.5 Å². The fourth-order valence-electron chi connectivity index (χ4n) is 1.69. The zero-order valence-electron chi connectivity index (χ0n) is 8.59. The van der Waals surface area contributed by atoms with Crippen molar-refractivity contribution >= 4 is 21.9 Å². The highest BCUT2D eigenvalue weighted by Crippen LogP contribution is 2.23. The summed E-state index contributed by atoms with van der Waals surface area (Å²) in [6.07, 6.45) is -0.407. The Balaban J connectivity index is 2.31. The second-order valence-electron chi connectivity index (χ2n) is 3.71. The first-order valence-corrected chi connectivity index (χ1v) is 6.26. The van der Waals surface area contributed by atoms with Crippen molar-refractivity contribution in [3.05, 3.63) is 28.6 Å². The van der Waals surface area contributed by atoms with Gasteiger partial charge >= 0.3 is 10.2 Å². The number of pyridine rings is 1. The molecule has 1 amide bonds. The van der Waals surface area contributed by atoms with E-state index in [-0.39, 0.29) is 12.4 Å². The topological polar surface area (TPSA) is 87.3 Å². The number of rotatable bonds is 2. The second kappa shape index (κ2) is 3.95. The Bertz CT molecular complexity index is 609. The van der Waals surface area contributed by atoms with Gasteiger partial charge in [0.25, 0.3) is 0 Å². The molecule has 0 saturated carbocycles. The average molecular weight is 260 g/mol. The zero-order chi connectivity index (χ0) is 12.6. The Morgan fingerprint density at radius 3 is 2.59 bits per heavy atom. The lowest BCUT2D eigenvalue weighted by Gasteiger charge is -2.14. The number of hydrogen-bond acceptors (Lipinski definition) is 4. The summed E-state index contributed by atoms with van der Waals surface area (Å²) in [6, 6.07) is 4.14. The fraction of sp³-hybridized carbons (Fsp3) is 0.333. The highest BCUT2D eigenvalue weighted by atomic mass is 32.3. The molecule has 0 aromatic carbocycles. The molecule has 1 unspecified atom stereocenters. The first-order valence-electron chi connectivity index (χ1n) is 4.81. The van der Waals surface area contributed by atoms with E-state index < -0.39 is 33.4 Å². The molecule has 0 spiro atoms. The molecule has 1 aromatic rings. The van der Waals surface area contributed by atoms with Crippen LogP contribution in [0.3, 0.4) is 0 Å². The molecule has 92 valence electrons. The summed E-state index contributed by atoms with van der Waals surface area (Å²) in [5, 5.41) is -1.36. The van der Waals surface area contributed by atoms with E-state index in [4.69, 9.17) is 0 Å². The van der Waals surface area contributed by atoms with Gasteiger partial charge in [0.05, 0.1) is 0 Å². The van der Waals surface area contributed by atoms with Crippen LogP contribution in [-0.2, 0) is 15.0 Å². The molecule has 1 atom stereocenters. The Hall–Kier alpha value is -1.70. The average Bonchev–Trinajstić information content (AvgIpc) is 2.60. The van der Waals surface area contributed by atoms with Crippen LogP contribution in [0.1, 0.15) is 6.42 Å². The molecular formula is C9H9FN2O4S. The third-order valence-corrected chi connectivity index (χ3v) is 3.64. The van der Waals surface area contributed by atoms with E-state index in [0.29, 0.717) is 0 Å². The van der Waals surface area contributed by atoms with E-state index in [1.807, 2.05) is 0 Å². The number of H-pyrrole nitrogens is 1. The summed E-state index contributed by atoms with van der Waals surface area (Å²) in [6.45, 7) is -0.280. The summed E-state index contributed by atoms with van der Waals surface area (Å²) < 4.78 is 34.2. The number of amides is 1. The van der Waals surface area contributed by atoms with Crippen LogP contribution in [0.25, 0.3) is 0 Å². The van der Waals surface area contributed by atoms with Crippen molar-refractivity contribution in [1.29, 1.82) is 0 Å². The summed E-state index contributed by atoms with van der Waals surface area (Å²) in [4.78, 5) is 26.0. The van der Waals surface area contributed by atoms with Crippen LogP contribution in [0, 0.1) is 0 Å². The zero-order valence-corrected chi connectivity index (χ0v) is 9.41. The van der Waals surface area contributed by atoms with Gasteiger partial charge in [0.15, 0.2) is 0 Å². The van der Waals surface area contributed by atoms with Crippen molar-refractivity contribution in [1.82, 2.24) is 4.98 Å². The van der Waals surface area contributed by atoms with Gasteiger partial charge in [-0.2, -0.15) is 8.42 Å². The van der Waals surface area contributed by atoms with Gasteiger partial charge in [0.1, 0.15) is 11.1 Å². The van der Waals surface area contributed by atoms with Crippen LogP contribution in [-0.4, -0.2) is 31.1 Å². The number of anilines is 1. The van der Waals surface area contributed by atoms with Gasteiger partial charge in [-0.05, 0) is 6.07 Å². The monoisotopic (exact) mass is 260 g/mol. The molecule has 1 aromatic heterocycles. The molecule has 2 heterocycles. The number of halogens is 1. The van der Waals surface area contributed by atoms with Crippen LogP contribution in [0.2, 0.25) is 0 Å². The molecule has 0 radical (unpaired) electrons. The maximum Gasteiger partial charge on any atom is 0.307 e. The minimum atomic E-state index is -4.74. The molecule has 1 N–H and O–H groups in total. The Kier molecular flexibility index (Phi) is 2.74. The minimum Gasteiger partial charge on any atom is -0.308 e. The van der Waals surface area contributed by atoms with E-state index in [1.54, 1.807) is 0 Å². The predicted octanol–water partition coefficient (Wildman–Crippen LogP) is -0.221. The van der Waals surface area contributed by atoms with Crippen molar-refractivity contribution in [3.63, 3.8) is 0 Å². The number of aromatic nitrogens is 1. The fourth-order valence-corrected chi connectivity index (χ4v) is 2.36. The highest BCUT2D eigenvalue weighted by Gasteiger charge is 2.39. The van der Waals surface area contributed by atoms with Gasteiger partial charge in [0.2, 0.25) is 11.5 Å². The molecule has 1 fully saturated rings. The van der Waals surface area contributed by atoms with E-state index in [1.165, 1.54) is 18.2 Å². The van der Waals surface area contributed by atoms with Gasteiger partial charge < -0.3 is 4.98 Å². The number of nitrogens with zero attached hydrogens (tertiary/aromatic N) is 1. The van der Waals surface area contributed by atoms with Crippen molar-refractivity contribution in [2.75, 3.05) is 11.4 Å². The van der Waals surface area contributed by atoms with E-state index in [9.17, 15) is 21.9 Å². The van der Waals surface area contributed by atoms with E-state index >= 15 is 0 Å².